The van der Waals surface area contributed by atoms with Crippen molar-refractivity contribution in [3.63, 3.8) is 0 Å². The van der Waals surface area contributed by atoms with Crippen molar-refractivity contribution in [1.29, 1.82) is 0 Å². The molecular weight excluding hydrogens is 352 g/mol. The highest BCUT2D eigenvalue weighted by Gasteiger charge is 2.16. The van der Waals surface area contributed by atoms with Crippen molar-refractivity contribution in [1.82, 2.24) is 19.9 Å². The summed E-state index contributed by atoms with van der Waals surface area (Å²) in [4.78, 5) is 46.3. The summed E-state index contributed by atoms with van der Waals surface area (Å²) in [6, 6.07) is 9.84. The quantitative estimate of drug-likeness (QED) is 0.714. The molecule has 0 bridgehead atoms. The van der Waals surface area contributed by atoms with Gasteiger partial charge >= 0.3 is 5.69 Å². The van der Waals surface area contributed by atoms with Crippen LogP contribution in [0.4, 0.5) is 0 Å². The second-order valence-electron chi connectivity index (χ2n) is 5.95. The highest BCUT2D eigenvalue weighted by molar-refractivity contribution is 7.13. The molecule has 0 saturated carbocycles. The van der Waals surface area contributed by atoms with Crippen LogP contribution < -0.4 is 11.2 Å². The molecule has 0 aliphatic carbocycles. The molecule has 0 aliphatic rings. The summed E-state index contributed by atoms with van der Waals surface area (Å²) in [6.45, 7) is 1.95. The van der Waals surface area contributed by atoms with Gasteiger partial charge in [0.25, 0.3) is 5.56 Å². The van der Waals surface area contributed by atoms with E-state index in [1.807, 2.05) is 35.7 Å². The number of carbonyl (C=O) groups is 1. The van der Waals surface area contributed by atoms with Gasteiger partial charge in [-0.05, 0) is 6.92 Å². The molecular formula is C18H18N4O3S. The first-order chi connectivity index (χ1) is 12.4. The van der Waals surface area contributed by atoms with Crippen LogP contribution in [0, 0.1) is 6.92 Å². The largest absolute Gasteiger partial charge is 0.340 e. The number of hydrogen-bond donors (Lipinski definition) is 2. The maximum atomic E-state index is 12.4. The standard InChI is InChI=1S/C18H18N4O3S/c1-11-14(16(24)21-18(25)19-11)8-15(23)22(2)9-13-10-26-17(20-13)12-6-4-3-5-7-12/h3-7,10H,8-9H2,1-2H3,(H2,19,21,24,25). The number of likely N-dealkylation sites (N-methyl/N-ethyl adjacent to an activating group) is 1. The summed E-state index contributed by atoms with van der Waals surface area (Å²) in [5.74, 6) is -0.222. The summed E-state index contributed by atoms with van der Waals surface area (Å²) >= 11 is 1.52. The first kappa shape index (κ1) is 17.8. The van der Waals surface area contributed by atoms with Gasteiger partial charge in [0.1, 0.15) is 5.01 Å². The molecule has 0 spiro atoms. The molecule has 0 atom stereocenters. The first-order valence-electron chi connectivity index (χ1n) is 8.00. The number of benzene rings is 1. The normalized spacial score (nSPS) is 10.7. The molecule has 2 N–H and O–H groups in total. The summed E-state index contributed by atoms with van der Waals surface area (Å²) in [5.41, 5.74) is 1.39. The predicted octanol–water partition coefficient (Wildman–Crippen LogP) is 1.70. The number of rotatable bonds is 5. The van der Waals surface area contributed by atoms with Gasteiger partial charge in [-0.1, -0.05) is 30.3 Å². The number of nitrogens with zero attached hydrogens (tertiary/aromatic N) is 2. The molecule has 1 amide bonds. The lowest BCUT2D eigenvalue weighted by Crippen LogP contribution is -2.33. The van der Waals surface area contributed by atoms with E-state index >= 15 is 0 Å². The summed E-state index contributed by atoms with van der Waals surface area (Å²) in [7, 11) is 1.67. The van der Waals surface area contributed by atoms with E-state index in [0.717, 1.165) is 16.3 Å². The van der Waals surface area contributed by atoms with Crippen LogP contribution >= 0.6 is 11.3 Å². The maximum absolute atomic E-state index is 12.4. The van der Waals surface area contributed by atoms with E-state index in [-0.39, 0.29) is 17.9 Å². The van der Waals surface area contributed by atoms with Gasteiger partial charge in [-0.15, -0.1) is 11.3 Å². The fourth-order valence-corrected chi connectivity index (χ4v) is 3.37. The van der Waals surface area contributed by atoms with Gasteiger partial charge in [-0.25, -0.2) is 9.78 Å². The first-order valence-corrected chi connectivity index (χ1v) is 8.88. The molecule has 26 heavy (non-hydrogen) atoms. The Morgan fingerprint density at radius 3 is 2.62 bits per heavy atom. The van der Waals surface area contributed by atoms with Gasteiger partial charge in [-0.3, -0.25) is 14.6 Å². The second-order valence-corrected chi connectivity index (χ2v) is 6.81. The lowest BCUT2D eigenvalue weighted by atomic mass is 10.1. The summed E-state index contributed by atoms with van der Waals surface area (Å²) in [5, 5.41) is 2.82. The van der Waals surface area contributed by atoms with E-state index < -0.39 is 11.2 Å². The number of hydrogen-bond acceptors (Lipinski definition) is 5. The van der Waals surface area contributed by atoms with Gasteiger partial charge in [-0.2, -0.15) is 0 Å². The highest BCUT2D eigenvalue weighted by Crippen LogP contribution is 2.23. The van der Waals surface area contributed by atoms with Crippen molar-refractivity contribution < 1.29 is 4.79 Å². The van der Waals surface area contributed by atoms with E-state index in [1.165, 1.54) is 16.2 Å². The predicted molar refractivity (Wildman–Crippen MR) is 100 cm³/mol. The Hall–Kier alpha value is -3.00. The van der Waals surface area contributed by atoms with Crippen LogP contribution in [-0.4, -0.2) is 32.8 Å². The Morgan fingerprint density at radius 1 is 1.19 bits per heavy atom. The molecule has 2 aromatic heterocycles. The minimum Gasteiger partial charge on any atom is -0.340 e. The number of nitrogens with one attached hydrogen (secondary N) is 2. The van der Waals surface area contributed by atoms with E-state index in [9.17, 15) is 14.4 Å². The molecule has 134 valence electrons. The Bertz CT molecular complexity index is 1040. The topological polar surface area (TPSA) is 98.9 Å². The third-order valence-electron chi connectivity index (χ3n) is 3.98. The lowest BCUT2D eigenvalue weighted by Gasteiger charge is -2.16. The minimum atomic E-state index is -0.576. The minimum absolute atomic E-state index is 0.0792. The molecule has 1 aromatic carbocycles. The van der Waals surface area contributed by atoms with Crippen molar-refractivity contribution in [3.8, 4) is 10.6 Å². The summed E-state index contributed by atoms with van der Waals surface area (Å²) < 4.78 is 0. The van der Waals surface area contributed by atoms with Crippen LogP contribution in [0.2, 0.25) is 0 Å². The van der Waals surface area contributed by atoms with E-state index in [2.05, 4.69) is 15.0 Å². The van der Waals surface area contributed by atoms with Crippen LogP contribution in [0.25, 0.3) is 10.6 Å². The van der Waals surface area contributed by atoms with Crippen molar-refractivity contribution in [2.75, 3.05) is 7.05 Å². The molecule has 0 radical (unpaired) electrons. The van der Waals surface area contributed by atoms with Crippen LogP contribution in [0.5, 0.6) is 0 Å². The maximum Gasteiger partial charge on any atom is 0.325 e. The van der Waals surface area contributed by atoms with Crippen LogP contribution in [-0.2, 0) is 17.8 Å². The zero-order valence-corrected chi connectivity index (χ0v) is 15.2. The second kappa shape index (κ2) is 7.49. The monoisotopic (exact) mass is 370 g/mol. The van der Waals surface area contributed by atoms with Gasteiger partial charge in [0.2, 0.25) is 5.91 Å². The van der Waals surface area contributed by atoms with Crippen LogP contribution in [0.3, 0.4) is 0 Å². The van der Waals surface area contributed by atoms with Crippen molar-refractivity contribution in [2.45, 2.75) is 19.9 Å². The number of amides is 1. The molecule has 7 nitrogen and oxygen atoms in total. The third kappa shape index (κ3) is 3.97. The van der Waals surface area contributed by atoms with Gasteiger partial charge < -0.3 is 9.88 Å². The van der Waals surface area contributed by atoms with E-state index in [1.54, 1.807) is 14.0 Å². The van der Waals surface area contributed by atoms with E-state index in [4.69, 9.17) is 0 Å². The SMILES string of the molecule is Cc1[nH]c(=O)[nH]c(=O)c1CC(=O)N(C)Cc1csc(-c2ccccc2)n1. The van der Waals surface area contributed by atoms with E-state index in [0.29, 0.717) is 12.2 Å². The zero-order chi connectivity index (χ0) is 18.7. The Labute approximate surface area is 153 Å². The fraction of sp³-hybridized carbons (Fsp3) is 0.222. The molecule has 0 unspecified atom stereocenters. The van der Waals surface area contributed by atoms with Crippen molar-refractivity contribution in [2.24, 2.45) is 0 Å². The molecule has 0 aliphatic heterocycles. The number of aryl methyl sites for hydroxylation is 1. The molecule has 2 heterocycles. The summed E-state index contributed by atoms with van der Waals surface area (Å²) in [6.07, 6.45) is -0.0792. The van der Waals surface area contributed by atoms with Gasteiger partial charge in [0.15, 0.2) is 0 Å². The lowest BCUT2D eigenvalue weighted by molar-refractivity contribution is -0.129. The molecule has 3 aromatic rings. The molecule has 8 heteroatoms. The van der Waals surface area contributed by atoms with Crippen LogP contribution in [0.1, 0.15) is 17.0 Å². The Morgan fingerprint density at radius 2 is 1.92 bits per heavy atom. The fourth-order valence-electron chi connectivity index (χ4n) is 2.55. The smallest absolute Gasteiger partial charge is 0.325 e. The average molecular weight is 370 g/mol. The molecule has 0 fully saturated rings. The molecule has 0 saturated heterocycles. The van der Waals surface area contributed by atoms with Crippen molar-refractivity contribution in [3.05, 3.63) is 73.5 Å². The third-order valence-corrected chi connectivity index (χ3v) is 4.92. The van der Waals surface area contributed by atoms with Crippen LogP contribution in [0.15, 0.2) is 45.3 Å². The van der Waals surface area contributed by atoms with Crippen molar-refractivity contribution >= 4 is 17.2 Å². The van der Waals surface area contributed by atoms with Gasteiger partial charge in [0.05, 0.1) is 18.7 Å². The number of aromatic amines is 2. The Kier molecular flexibility index (Phi) is 5.13. The number of carbonyl (C=O) groups excluding carboxylic acids is 1. The number of aromatic nitrogens is 3. The average Bonchev–Trinajstić information content (AvgIpc) is 3.07. The van der Waals surface area contributed by atoms with Gasteiger partial charge in [0, 0.05) is 29.2 Å². The highest BCUT2D eigenvalue weighted by atomic mass is 32.1. The zero-order valence-electron chi connectivity index (χ0n) is 14.4. The molecule has 3 rings (SSSR count). The number of H-pyrrole nitrogens is 2. The Balaban J connectivity index is 1.70. The number of thiazole rings is 1.